The van der Waals surface area contributed by atoms with E-state index in [1.807, 2.05) is 4.90 Å². The maximum Gasteiger partial charge on any atom is 0.252 e. The number of hydrogen-bond acceptors (Lipinski definition) is 4. The van der Waals surface area contributed by atoms with Gasteiger partial charge in [-0.1, -0.05) is 6.92 Å². The average molecular weight is 242 g/mol. The Morgan fingerprint density at radius 3 is 2.94 bits per heavy atom. The molecule has 1 unspecified atom stereocenters. The molecule has 3 atom stereocenters. The molecule has 0 aromatic carbocycles. The van der Waals surface area contributed by atoms with Gasteiger partial charge in [0.2, 0.25) is 0 Å². The lowest BCUT2D eigenvalue weighted by molar-refractivity contribution is -0.151. The van der Waals surface area contributed by atoms with E-state index in [9.17, 15) is 4.79 Å². The molecule has 0 bridgehead atoms. The Morgan fingerprint density at radius 2 is 2.29 bits per heavy atom. The van der Waals surface area contributed by atoms with Crippen LogP contribution in [0.25, 0.3) is 0 Å². The van der Waals surface area contributed by atoms with Gasteiger partial charge in [0.05, 0.1) is 25.4 Å². The Labute approximate surface area is 102 Å². The van der Waals surface area contributed by atoms with Crippen molar-refractivity contribution in [2.24, 2.45) is 5.73 Å². The topological polar surface area (TPSA) is 64.8 Å². The molecule has 2 fully saturated rings. The van der Waals surface area contributed by atoms with Crippen LogP contribution in [0.15, 0.2) is 0 Å². The van der Waals surface area contributed by atoms with Crippen LogP contribution >= 0.6 is 0 Å². The van der Waals surface area contributed by atoms with Gasteiger partial charge in [0.25, 0.3) is 5.91 Å². The van der Waals surface area contributed by atoms with Crippen molar-refractivity contribution in [1.82, 2.24) is 4.90 Å². The second kappa shape index (κ2) is 5.80. The first kappa shape index (κ1) is 12.8. The van der Waals surface area contributed by atoms with Crippen LogP contribution in [0.4, 0.5) is 0 Å². The summed E-state index contributed by atoms with van der Waals surface area (Å²) < 4.78 is 11.1. The molecular formula is C12H22N2O3. The molecule has 1 amide bonds. The molecule has 0 saturated carbocycles. The van der Waals surface area contributed by atoms with Crippen LogP contribution in [-0.2, 0) is 14.3 Å². The van der Waals surface area contributed by atoms with E-state index in [1.165, 1.54) is 0 Å². The first-order valence-corrected chi connectivity index (χ1v) is 6.50. The van der Waals surface area contributed by atoms with E-state index >= 15 is 0 Å². The van der Waals surface area contributed by atoms with Gasteiger partial charge in [-0.25, -0.2) is 0 Å². The normalized spacial score (nSPS) is 34.0. The highest BCUT2D eigenvalue weighted by Crippen LogP contribution is 2.23. The molecule has 2 heterocycles. The third-order valence-electron chi connectivity index (χ3n) is 3.63. The van der Waals surface area contributed by atoms with E-state index in [-0.39, 0.29) is 24.2 Å². The van der Waals surface area contributed by atoms with Crippen LogP contribution in [-0.4, -0.2) is 55.4 Å². The fraction of sp³-hybridized carbons (Fsp3) is 0.917. The maximum absolute atomic E-state index is 12.3. The summed E-state index contributed by atoms with van der Waals surface area (Å²) in [4.78, 5) is 14.3. The number of hydrogen-bond donors (Lipinski definition) is 1. The monoisotopic (exact) mass is 242 g/mol. The first-order valence-electron chi connectivity index (χ1n) is 6.50. The minimum atomic E-state index is -0.282. The lowest BCUT2D eigenvalue weighted by Gasteiger charge is -2.36. The molecule has 2 rings (SSSR count). The Kier molecular flexibility index (Phi) is 4.36. The molecule has 2 N–H and O–H groups in total. The van der Waals surface area contributed by atoms with Crippen molar-refractivity contribution < 1.29 is 14.3 Å². The lowest BCUT2D eigenvalue weighted by Crippen LogP contribution is -2.51. The predicted octanol–water partition coefficient (Wildman–Crippen LogP) is 0.130. The molecule has 0 aliphatic carbocycles. The summed E-state index contributed by atoms with van der Waals surface area (Å²) in [5, 5.41) is 0. The van der Waals surface area contributed by atoms with Crippen LogP contribution in [0.3, 0.4) is 0 Å². The molecule has 5 heteroatoms. The molecular weight excluding hydrogens is 220 g/mol. The zero-order valence-electron chi connectivity index (χ0n) is 10.4. The highest BCUT2D eigenvalue weighted by Gasteiger charge is 2.36. The number of morpholine rings is 1. The molecule has 0 aromatic heterocycles. The summed E-state index contributed by atoms with van der Waals surface area (Å²) >= 11 is 0. The number of carbonyl (C=O) groups is 1. The quantitative estimate of drug-likeness (QED) is 0.764. The van der Waals surface area contributed by atoms with Gasteiger partial charge in [0.1, 0.15) is 6.10 Å². The SMILES string of the molecule is CCC1COCCN1C(=O)[C@@H]1CC[C@H](CN)O1. The van der Waals surface area contributed by atoms with E-state index in [0.717, 1.165) is 19.3 Å². The van der Waals surface area contributed by atoms with Crippen molar-refractivity contribution in [1.29, 1.82) is 0 Å². The minimum Gasteiger partial charge on any atom is -0.377 e. The van der Waals surface area contributed by atoms with Crippen LogP contribution in [0.2, 0.25) is 0 Å². The van der Waals surface area contributed by atoms with E-state index < -0.39 is 0 Å². The van der Waals surface area contributed by atoms with Gasteiger partial charge >= 0.3 is 0 Å². The fourth-order valence-electron chi connectivity index (χ4n) is 2.53. The molecule has 2 aliphatic heterocycles. The summed E-state index contributed by atoms with van der Waals surface area (Å²) in [7, 11) is 0. The van der Waals surface area contributed by atoms with Crippen LogP contribution < -0.4 is 5.73 Å². The van der Waals surface area contributed by atoms with Gasteiger partial charge in [-0.2, -0.15) is 0 Å². The van der Waals surface area contributed by atoms with Crippen molar-refractivity contribution in [3.63, 3.8) is 0 Å². The summed E-state index contributed by atoms with van der Waals surface area (Å²) in [5.41, 5.74) is 5.56. The van der Waals surface area contributed by atoms with Crippen molar-refractivity contribution in [3.05, 3.63) is 0 Å². The fourth-order valence-corrected chi connectivity index (χ4v) is 2.53. The molecule has 0 radical (unpaired) electrons. The molecule has 0 aromatic rings. The van der Waals surface area contributed by atoms with Gasteiger partial charge in [0.15, 0.2) is 0 Å². The second-order valence-corrected chi connectivity index (χ2v) is 4.73. The molecule has 17 heavy (non-hydrogen) atoms. The van der Waals surface area contributed by atoms with Crippen LogP contribution in [0.1, 0.15) is 26.2 Å². The van der Waals surface area contributed by atoms with Gasteiger partial charge in [-0.3, -0.25) is 4.79 Å². The molecule has 0 spiro atoms. The van der Waals surface area contributed by atoms with Crippen LogP contribution in [0.5, 0.6) is 0 Å². The Balaban J connectivity index is 1.94. The number of carbonyl (C=O) groups excluding carboxylic acids is 1. The Morgan fingerprint density at radius 1 is 1.47 bits per heavy atom. The van der Waals surface area contributed by atoms with E-state index in [1.54, 1.807) is 0 Å². The highest BCUT2D eigenvalue weighted by molar-refractivity contribution is 5.81. The highest BCUT2D eigenvalue weighted by atomic mass is 16.5. The van der Waals surface area contributed by atoms with Gasteiger partial charge in [-0.05, 0) is 19.3 Å². The Hall–Kier alpha value is -0.650. The van der Waals surface area contributed by atoms with Crippen LogP contribution in [0, 0.1) is 0 Å². The van der Waals surface area contributed by atoms with Gasteiger partial charge < -0.3 is 20.1 Å². The van der Waals surface area contributed by atoms with E-state index in [4.69, 9.17) is 15.2 Å². The zero-order chi connectivity index (χ0) is 12.3. The Bertz CT molecular complexity index is 272. The van der Waals surface area contributed by atoms with Crippen molar-refractivity contribution in [2.45, 2.75) is 44.4 Å². The molecule has 2 aliphatic rings. The second-order valence-electron chi connectivity index (χ2n) is 4.73. The standard InChI is InChI=1S/C12H22N2O3/c1-2-9-8-16-6-5-14(9)12(15)11-4-3-10(7-13)17-11/h9-11H,2-8,13H2,1H3/t9?,10-,11+/m1/s1. The zero-order valence-corrected chi connectivity index (χ0v) is 10.4. The first-order chi connectivity index (χ1) is 8.26. The molecule has 98 valence electrons. The van der Waals surface area contributed by atoms with Gasteiger partial charge in [0, 0.05) is 13.1 Å². The summed E-state index contributed by atoms with van der Waals surface area (Å²) in [6.45, 7) is 4.55. The number of rotatable bonds is 3. The summed E-state index contributed by atoms with van der Waals surface area (Å²) in [5.74, 6) is 0.121. The summed E-state index contributed by atoms with van der Waals surface area (Å²) in [6, 6.07) is 0.205. The van der Waals surface area contributed by atoms with Crippen molar-refractivity contribution >= 4 is 5.91 Å². The largest absolute Gasteiger partial charge is 0.377 e. The lowest BCUT2D eigenvalue weighted by atomic mass is 10.1. The predicted molar refractivity (Wildman–Crippen MR) is 63.6 cm³/mol. The number of ether oxygens (including phenoxy) is 2. The number of amides is 1. The smallest absolute Gasteiger partial charge is 0.252 e. The minimum absolute atomic E-state index is 0.0602. The van der Waals surface area contributed by atoms with Gasteiger partial charge in [-0.15, -0.1) is 0 Å². The third-order valence-corrected chi connectivity index (χ3v) is 3.63. The third kappa shape index (κ3) is 2.78. The molecule has 2 saturated heterocycles. The number of nitrogens with two attached hydrogens (primary N) is 1. The van der Waals surface area contributed by atoms with Crippen molar-refractivity contribution in [2.75, 3.05) is 26.3 Å². The maximum atomic E-state index is 12.3. The van der Waals surface area contributed by atoms with E-state index in [0.29, 0.717) is 26.3 Å². The molecule has 5 nitrogen and oxygen atoms in total. The summed E-state index contributed by atoms with van der Waals surface area (Å²) in [6.07, 6.45) is 2.40. The van der Waals surface area contributed by atoms with Crippen molar-refractivity contribution in [3.8, 4) is 0 Å². The average Bonchev–Trinajstić information content (AvgIpc) is 2.86. The van der Waals surface area contributed by atoms with E-state index in [2.05, 4.69) is 6.92 Å². The number of nitrogens with zero attached hydrogens (tertiary/aromatic N) is 1.